The van der Waals surface area contributed by atoms with Gasteiger partial charge in [-0.1, -0.05) is 3.89 Å². The van der Waals surface area contributed by atoms with E-state index in [0.29, 0.717) is 0 Å². The Hall–Kier alpha value is -1.51. The molecule has 7 nitrogen and oxygen atoms in total. The SMILES string of the molecule is Cn1cnc(S(=O)(=O)F)c1[N+](=O)[O-]. The van der Waals surface area contributed by atoms with Crippen LogP contribution in [0.25, 0.3) is 0 Å². The van der Waals surface area contributed by atoms with E-state index in [0.717, 1.165) is 10.9 Å². The molecule has 1 aromatic heterocycles. The zero-order valence-electron chi connectivity index (χ0n) is 6.34. The van der Waals surface area contributed by atoms with Crippen LogP contribution in [0.5, 0.6) is 0 Å². The molecular weight excluding hydrogens is 205 g/mol. The van der Waals surface area contributed by atoms with Crippen molar-refractivity contribution in [3.05, 3.63) is 16.4 Å². The van der Waals surface area contributed by atoms with Gasteiger partial charge in [0.25, 0.3) is 5.03 Å². The number of halogens is 1. The molecule has 0 saturated carbocycles. The minimum Gasteiger partial charge on any atom is -0.358 e. The quantitative estimate of drug-likeness (QED) is 0.387. The van der Waals surface area contributed by atoms with Crippen LogP contribution in [0.4, 0.5) is 9.70 Å². The van der Waals surface area contributed by atoms with Gasteiger partial charge in [-0.05, 0) is 4.92 Å². The third-order valence-corrected chi connectivity index (χ3v) is 2.03. The third kappa shape index (κ3) is 1.64. The highest BCUT2D eigenvalue weighted by Gasteiger charge is 2.30. The van der Waals surface area contributed by atoms with Crippen LogP contribution in [0.2, 0.25) is 0 Å². The molecule has 0 fully saturated rings. The second-order valence-electron chi connectivity index (χ2n) is 2.18. The summed E-state index contributed by atoms with van der Waals surface area (Å²) in [4.78, 5) is 12.3. The van der Waals surface area contributed by atoms with Crippen molar-refractivity contribution < 1.29 is 17.2 Å². The minimum atomic E-state index is -5.13. The molecule has 0 spiro atoms. The van der Waals surface area contributed by atoms with Crippen LogP contribution < -0.4 is 0 Å². The van der Waals surface area contributed by atoms with Crippen molar-refractivity contribution in [1.29, 1.82) is 0 Å². The van der Waals surface area contributed by atoms with Gasteiger partial charge >= 0.3 is 16.0 Å². The van der Waals surface area contributed by atoms with Crippen LogP contribution in [-0.2, 0) is 17.3 Å². The number of nitrogens with zero attached hydrogens (tertiary/aromatic N) is 3. The van der Waals surface area contributed by atoms with Crippen LogP contribution in [0.3, 0.4) is 0 Å². The van der Waals surface area contributed by atoms with Crippen LogP contribution in [0.1, 0.15) is 0 Å². The van der Waals surface area contributed by atoms with Crippen LogP contribution in [0.15, 0.2) is 11.4 Å². The number of hydrogen-bond donors (Lipinski definition) is 0. The summed E-state index contributed by atoms with van der Waals surface area (Å²) in [5.74, 6) is -0.887. The summed E-state index contributed by atoms with van der Waals surface area (Å²) < 4.78 is 33.8. The molecule has 1 aromatic rings. The number of imidazole rings is 1. The standard InChI is InChI=1S/C4H4FN3O4S/c1-7-2-6-3(13(5,11)12)4(7)8(9)10/h2H,1H3. The van der Waals surface area contributed by atoms with E-state index in [-0.39, 0.29) is 0 Å². The zero-order chi connectivity index (χ0) is 10.2. The second-order valence-corrected chi connectivity index (χ2v) is 3.44. The average molecular weight is 209 g/mol. The summed E-state index contributed by atoms with van der Waals surface area (Å²) >= 11 is 0. The first kappa shape index (κ1) is 9.58. The number of aryl methyl sites for hydroxylation is 1. The molecule has 0 atom stereocenters. The van der Waals surface area contributed by atoms with Crippen molar-refractivity contribution in [2.45, 2.75) is 5.03 Å². The van der Waals surface area contributed by atoms with E-state index >= 15 is 0 Å². The lowest BCUT2D eigenvalue weighted by Gasteiger charge is -1.94. The van der Waals surface area contributed by atoms with Crippen LogP contribution in [0, 0.1) is 10.1 Å². The van der Waals surface area contributed by atoms with Crippen molar-refractivity contribution >= 4 is 16.0 Å². The largest absolute Gasteiger partial charge is 0.364 e. The smallest absolute Gasteiger partial charge is 0.358 e. The summed E-state index contributed by atoms with van der Waals surface area (Å²) in [5, 5.41) is 9.10. The molecule has 13 heavy (non-hydrogen) atoms. The van der Waals surface area contributed by atoms with Gasteiger partial charge in [-0.2, -0.15) is 13.4 Å². The number of nitro groups is 1. The maximum atomic E-state index is 12.3. The Bertz CT molecular complexity index is 450. The van der Waals surface area contributed by atoms with E-state index in [9.17, 15) is 22.4 Å². The maximum absolute atomic E-state index is 12.3. The number of rotatable bonds is 2. The van der Waals surface area contributed by atoms with Gasteiger partial charge in [0, 0.05) is 0 Å². The third-order valence-electron chi connectivity index (χ3n) is 1.28. The fraction of sp³-hybridized carbons (Fsp3) is 0.250. The molecule has 0 aliphatic carbocycles. The molecule has 0 aliphatic heterocycles. The maximum Gasteiger partial charge on any atom is 0.364 e. The molecule has 0 aliphatic rings. The molecule has 1 rings (SSSR count). The number of hydrogen-bond acceptors (Lipinski definition) is 5. The summed E-state index contributed by atoms with van der Waals surface area (Å²) in [5.41, 5.74) is 0. The minimum absolute atomic E-state index is 0.812. The van der Waals surface area contributed by atoms with E-state index < -0.39 is 26.0 Å². The molecular formula is C4H4FN3O4S. The Morgan fingerprint density at radius 1 is 1.69 bits per heavy atom. The normalized spacial score (nSPS) is 11.5. The lowest BCUT2D eigenvalue weighted by atomic mass is 10.7. The van der Waals surface area contributed by atoms with Gasteiger partial charge in [-0.3, -0.25) is 0 Å². The van der Waals surface area contributed by atoms with Crippen LogP contribution >= 0.6 is 0 Å². The Morgan fingerprint density at radius 2 is 2.23 bits per heavy atom. The van der Waals surface area contributed by atoms with Crippen molar-refractivity contribution in [2.24, 2.45) is 7.05 Å². The Labute approximate surface area is 72.2 Å². The molecule has 0 saturated heterocycles. The van der Waals surface area contributed by atoms with Gasteiger partial charge in [0.05, 0.1) is 7.05 Å². The predicted octanol–water partition coefficient (Wildman–Crippen LogP) is -0.0135. The lowest BCUT2D eigenvalue weighted by Crippen LogP contribution is -2.02. The predicted molar refractivity (Wildman–Crippen MR) is 38.2 cm³/mol. The Balaban J connectivity index is 3.49. The summed E-state index contributed by atoms with van der Waals surface area (Å²) in [6.45, 7) is 0. The highest BCUT2D eigenvalue weighted by Crippen LogP contribution is 2.22. The van der Waals surface area contributed by atoms with Crippen molar-refractivity contribution in [3.63, 3.8) is 0 Å². The van der Waals surface area contributed by atoms with E-state index in [4.69, 9.17) is 0 Å². The Morgan fingerprint density at radius 3 is 2.54 bits per heavy atom. The monoisotopic (exact) mass is 209 g/mol. The van der Waals surface area contributed by atoms with Gasteiger partial charge in [-0.25, -0.2) is 4.57 Å². The van der Waals surface area contributed by atoms with Crippen molar-refractivity contribution in [1.82, 2.24) is 9.55 Å². The number of aromatic nitrogens is 2. The van der Waals surface area contributed by atoms with E-state index in [1.165, 1.54) is 7.05 Å². The molecule has 1 heterocycles. The fourth-order valence-corrected chi connectivity index (χ4v) is 1.39. The summed E-state index contributed by atoms with van der Waals surface area (Å²) in [6.07, 6.45) is 0.852. The summed E-state index contributed by atoms with van der Waals surface area (Å²) in [6, 6.07) is 0. The molecule has 72 valence electrons. The topological polar surface area (TPSA) is 95.1 Å². The molecule has 9 heteroatoms. The average Bonchev–Trinajstić information content (AvgIpc) is 2.28. The van der Waals surface area contributed by atoms with Gasteiger partial charge in [0.15, 0.2) is 6.33 Å². The first-order valence-electron chi connectivity index (χ1n) is 2.94. The lowest BCUT2D eigenvalue weighted by molar-refractivity contribution is -0.394. The van der Waals surface area contributed by atoms with Crippen molar-refractivity contribution in [3.8, 4) is 0 Å². The van der Waals surface area contributed by atoms with E-state index in [2.05, 4.69) is 4.98 Å². The zero-order valence-corrected chi connectivity index (χ0v) is 7.15. The van der Waals surface area contributed by atoms with Crippen molar-refractivity contribution in [2.75, 3.05) is 0 Å². The van der Waals surface area contributed by atoms with E-state index in [1.807, 2.05) is 0 Å². The first-order valence-corrected chi connectivity index (χ1v) is 4.32. The molecule has 0 unspecified atom stereocenters. The van der Waals surface area contributed by atoms with Gasteiger partial charge in [0.2, 0.25) is 0 Å². The molecule has 0 radical (unpaired) electrons. The fourth-order valence-electron chi connectivity index (χ4n) is 0.781. The van der Waals surface area contributed by atoms with E-state index in [1.54, 1.807) is 0 Å². The second kappa shape index (κ2) is 2.76. The highest BCUT2D eigenvalue weighted by molar-refractivity contribution is 7.86. The van der Waals surface area contributed by atoms with Gasteiger partial charge in [0.1, 0.15) is 0 Å². The molecule has 0 N–H and O–H groups in total. The highest BCUT2D eigenvalue weighted by atomic mass is 32.3. The summed E-state index contributed by atoms with van der Waals surface area (Å²) in [7, 11) is -3.94. The first-order chi connectivity index (χ1) is 5.84. The van der Waals surface area contributed by atoms with Gasteiger partial charge in [-0.15, -0.1) is 0 Å². The Kier molecular flexibility index (Phi) is 2.04. The van der Waals surface area contributed by atoms with Gasteiger partial charge < -0.3 is 10.1 Å². The molecule has 0 amide bonds. The molecule has 0 aromatic carbocycles. The van der Waals surface area contributed by atoms with Crippen LogP contribution in [-0.4, -0.2) is 22.9 Å². The molecule has 0 bridgehead atoms.